The van der Waals surface area contributed by atoms with E-state index in [2.05, 4.69) is 18.0 Å². The quantitative estimate of drug-likeness (QED) is 0.652. The highest BCUT2D eigenvalue weighted by Gasteiger charge is 2.36. The minimum absolute atomic E-state index is 0.276. The normalized spacial score (nSPS) is 13.6. The van der Waals surface area contributed by atoms with Crippen molar-refractivity contribution in [2.24, 2.45) is 0 Å². The van der Waals surface area contributed by atoms with Crippen LogP contribution in [0.4, 0.5) is 0 Å². The highest BCUT2D eigenvalue weighted by atomic mass is 16.5. The SMILES string of the molecule is C=CCNC(C)(C(=O)OCC)c1ccc2ccccc2c1. The summed E-state index contributed by atoms with van der Waals surface area (Å²) in [4.78, 5) is 12.4. The molecule has 0 saturated heterocycles. The lowest BCUT2D eigenvalue weighted by molar-refractivity contribution is -0.150. The van der Waals surface area contributed by atoms with Crippen molar-refractivity contribution in [3.63, 3.8) is 0 Å². The Hall–Kier alpha value is -2.13. The molecule has 110 valence electrons. The van der Waals surface area contributed by atoms with Gasteiger partial charge in [0.1, 0.15) is 5.54 Å². The summed E-state index contributed by atoms with van der Waals surface area (Å²) in [7, 11) is 0. The van der Waals surface area contributed by atoms with E-state index >= 15 is 0 Å². The highest BCUT2D eigenvalue weighted by molar-refractivity contribution is 5.87. The molecule has 0 amide bonds. The van der Waals surface area contributed by atoms with Crippen LogP contribution in [0, 0.1) is 0 Å². The van der Waals surface area contributed by atoms with E-state index in [1.807, 2.05) is 50.2 Å². The van der Waals surface area contributed by atoms with Crippen molar-refractivity contribution >= 4 is 16.7 Å². The van der Waals surface area contributed by atoms with Gasteiger partial charge in [0.15, 0.2) is 0 Å². The van der Waals surface area contributed by atoms with E-state index in [-0.39, 0.29) is 5.97 Å². The number of hydrogen-bond acceptors (Lipinski definition) is 3. The molecule has 0 saturated carbocycles. The second-order valence-electron chi connectivity index (χ2n) is 5.08. The molecule has 0 spiro atoms. The maximum absolute atomic E-state index is 12.4. The van der Waals surface area contributed by atoms with Gasteiger partial charge in [-0.3, -0.25) is 5.32 Å². The topological polar surface area (TPSA) is 38.3 Å². The molecule has 0 heterocycles. The van der Waals surface area contributed by atoms with E-state index in [0.717, 1.165) is 16.3 Å². The molecule has 1 unspecified atom stereocenters. The van der Waals surface area contributed by atoms with Gasteiger partial charge in [0, 0.05) is 6.54 Å². The van der Waals surface area contributed by atoms with Gasteiger partial charge in [-0.2, -0.15) is 0 Å². The summed E-state index contributed by atoms with van der Waals surface area (Å²) >= 11 is 0. The number of nitrogens with one attached hydrogen (secondary N) is 1. The van der Waals surface area contributed by atoms with Gasteiger partial charge in [-0.25, -0.2) is 4.79 Å². The van der Waals surface area contributed by atoms with Crippen LogP contribution in [0.25, 0.3) is 10.8 Å². The Labute approximate surface area is 125 Å². The van der Waals surface area contributed by atoms with Crippen LogP contribution in [-0.2, 0) is 15.1 Å². The summed E-state index contributed by atoms with van der Waals surface area (Å²) in [6, 6.07) is 14.1. The summed E-state index contributed by atoms with van der Waals surface area (Å²) in [6.45, 7) is 8.24. The first-order valence-electron chi connectivity index (χ1n) is 7.14. The maximum Gasteiger partial charge on any atom is 0.330 e. The van der Waals surface area contributed by atoms with Crippen LogP contribution in [0.2, 0.25) is 0 Å². The van der Waals surface area contributed by atoms with Gasteiger partial charge >= 0.3 is 5.97 Å². The van der Waals surface area contributed by atoms with Gasteiger partial charge in [-0.05, 0) is 36.2 Å². The van der Waals surface area contributed by atoms with E-state index in [1.54, 1.807) is 6.08 Å². The molecule has 1 atom stereocenters. The first-order chi connectivity index (χ1) is 10.1. The minimum Gasteiger partial charge on any atom is -0.464 e. The number of fused-ring (bicyclic) bond motifs is 1. The van der Waals surface area contributed by atoms with Gasteiger partial charge < -0.3 is 4.74 Å². The predicted octanol–water partition coefficient (Wildman–Crippen LogP) is 3.39. The summed E-state index contributed by atoms with van der Waals surface area (Å²) < 4.78 is 5.23. The first kappa shape index (κ1) is 15.3. The van der Waals surface area contributed by atoms with Crippen molar-refractivity contribution in [3.8, 4) is 0 Å². The largest absolute Gasteiger partial charge is 0.464 e. The van der Waals surface area contributed by atoms with Crippen molar-refractivity contribution in [2.75, 3.05) is 13.2 Å². The molecule has 0 aliphatic rings. The van der Waals surface area contributed by atoms with Gasteiger partial charge in [-0.1, -0.05) is 42.5 Å². The summed E-state index contributed by atoms with van der Waals surface area (Å²) in [5.41, 5.74) is 0.00955. The molecule has 0 aromatic heterocycles. The van der Waals surface area contributed by atoms with Crippen LogP contribution < -0.4 is 5.32 Å². The van der Waals surface area contributed by atoms with Crippen LogP contribution in [0.15, 0.2) is 55.1 Å². The zero-order valence-corrected chi connectivity index (χ0v) is 12.6. The Morgan fingerprint density at radius 3 is 2.67 bits per heavy atom. The van der Waals surface area contributed by atoms with Crippen LogP contribution >= 0.6 is 0 Å². The van der Waals surface area contributed by atoms with E-state index in [0.29, 0.717) is 13.2 Å². The Morgan fingerprint density at radius 2 is 2.00 bits per heavy atom. The Bertz CT molecular complexity index is 650. The maximum atomic E-state index is 12.4. The van der Waals surface area contributed by atoms with Crippen LogP contribution in [-0.4, -0.2) is 19.1 Å². The van der Waals surface area contributed by atoms with E-state index in [1.165, 1.54) is 0 Å². The lowest BCUT2D eigenvalue weighted by atomic mass is 9.90. The number of ether oxygens (including phenoxy) is 1. The zero-order chi connectivity index (χ0) is 15.3. The molecule has 1 N–H and O–H groups in total. The van der Waals surface area contributed by atoms with Gasteiger partial charge in [0.05, 0.1) is 6.61 Å². The molecule has 3 nitrogen and oxygen atoms in total. The Kier molecular flexibility index (Phi) is 4.76. The molecule has 0 aliphatic heterocycles. The van der Waals surface area contributed by atoms with Crippen molar-refractivity contribution < 1.29 is 9.53 Å². The van der Waals surface area contributed by atoms with Gasteiger partial charge in [-0.15, -0.1) is 6.58 Å². The molecule has 0 radical (unpaired) electrons. The number of rotatable bonds is 6. The molecule has 2 aromatic rings. The van der Waals surface area contributed by atoms with Crippen LogP contribution in [0.5, 0.6) is 0 Å². The van der Waals surface area contributed by atoms with Crippen LogP contribution in [0.1, 0.15) is 19.4 Å². The monoisotopic (exact) mass is 283 g/mol. The molecule has 0 fully saturated rings. The van der Waals surface area contributed by atoms with Gasteiger partial charge in [0.2, 0.25) is 0 Å². The lowest BCUT2D eigenvalue weighted by Crippen LogP contribution is -2.47. The van der Waals surface area contributed by atoms with E-state index in [9.17, 15) is 4.79 Å². The number of hydrogen-bond donors (Lipinski definition) is 1. The van der Waals surface area contributed by atoms with Gasteiger partial charge in [0.25, 0.3) is 0 Å². The van der Waals surface area contributed by atoms with E-state index < -0.39 is 5.54 Å². The molecular formula is C18H21NO2. The summed E-state index contributed by atoms with van der Waals surface area (Å²) in [6.07, 6.45) is 1.73. The number of esters is 1. The molecule has 2 rings (SSSR count). The molecule has 0 bridgehead atoms. The highest BCUT2D eigenvalue weighted by Crippen LogP contribution is 2.26. The minimum atomic E-state index is -0.881. The standard InChI is InChI=1S/C18H21NO2/c1-4-12-19-18(3,17(20)21-5-2)16-11-10-14-8-6-7-9-15(14)13-16/h4,6-11,13,19H,1,5,12H2,2-3H3. The third-order valence-electron chi connectivity index (χ3n) is 3.61. The number of benzene rings is 2. The predicted molar refractivity (Wildman–Crippen MR) is 86.1 cm³/mol. The Balaban J connectivity index is 2.46. The molecule has 0 aliphatic carbocycles. The lowest BCUT2D eigenvalue weighted by Gasteiger charge is -2.29. The van der Waals surface area contributed by atoms with Crippen molar-refractivity contribution in [1.82, 2.24) is 5.32 Å². The fourth-order valence-corrected chi connectivity index (χ4v) is 2.34. The molecular weight excluding hydrogens is 262 g/mol. The fraction of sp³-hybridized carbons (Fsp3) is 0.278. The van der Waals surface area contributed by atoms with Crippen LogP contribution in [0.3, 0.4) is 0 Å². The fourth-order valence-electron chi connectivity index (χ4n) is 2.34. The second kappa shape index (κ2) is 6.55. The summed E-state index contributed by atoms with van der Waals surface area (Å²) in [5, 5.41) is 5.47. The third-order valence-corrected chi connectivity index (χ3v) is 3.61. The summed E-state index contributed by atoms with van der Waals surface area (Å²) in [5.74, 6) is -0.276. The molecule has 2 aromatic carbocycles. The third kappa shape index (κ3) is 3.14. The smallest absolute Gasteiger partial charge is 0.330 e. The number of carbonyl (C=O) groups is 1. The first-order valence-corrected chi connectivity index (χ1v) is 7.14. The molecule has 3 heteroatoms. The Morgan fingerprint density at radius 1 is 1.29 bits per heavy atom. The van der Waals surface area contributed by atoms with Crippen molar-refractivity contribution in [1.29, 1.82) is 0 Å². The average molecular weight is 283 g/mol. The van der Waals surface area contributed by atoms with Crippen molar-refractivity contribution in [2.45, 2.75) is 19.4 Å². The second-order valence-corrected chi connectivity index (χ2v) is 5.08. The number of carbonyl (C=O) groups excluding carboxylic acids is 1. The van der Waals surface area contributed by atoms with Crippen molar-refractivity contribution in [3.05, 3.63) is 60.7 Å². The molecule has 21 heavy (non-hydrogen) atoms. The van der Waals surface area contributed by atoms with E-state index in [4.69, 9.17) is 4.74 Å². The average Bonchev–Trinajstić information content (AvgIpc) is 2.52. The zero-order valence-electron chi connectivity index (χ0n) is 12.6.